The van der Waals surface area contributed by atoms with Crippen LogP contribution in [0.1, 0.15) is 27.0 Å². The Balaban J connectivity index is 2.02. The molecule has 0 fully saturated rings. The van der Waals surface area contributed by atoms with Crippen LogP contribution in [0.5, 0.6) is 17.2 Å². The van der Waals surface area contributed by atoms with Crippen molar-refractivity contribution < 1.29 is 19.4 Å². The number of hydrogen-bond donors (Lipinski definition) is 1. The Kier molecular flexibility index (Phi) is 3.78. The third-order valence-corrected chi connectivity index (χ3v) is 4.40. The lowest BCUT2D eigenvalue weighted by Crippen LogP contribution is -2.00. The molecule has 0 atom stereocenters. The highest BCUT2D eigenvalue weighted by molar-refractivity contribution is 6.33. The van der Waals surface area contributed by atoms with Crippen LogP contribution < -0.4 is 9.47 Å². The van der Waals surface area contributed by atoms with Crippen LogP contribution in [-0.2, 0) is 0 Å². The van der Waals surface area contributed by atoms with Crippen LogP contribution >= 0.6 is 11.6 Å². The van der Waals surface area contributed by atoms with E-state index in [1.165, 1.54) is 13.2 Å². The largest absolute Gasteiger partial charge is 0.504 e. The molecule has 1 heterocycles. The van der Waals surface area contributed by atoms with Crippen LogP contribution in [0.15, 0.2) is 30.0 Å². The van der Waals surface area contributed by atoms with Crippen molar-refractivity contribution in [2.45, 2.75) is 13.8 Å². The number of halogens is 1. The minimum Gasteiger partial charge on any atom is -0.504 e. The summed E-state index contributed by atoms with van der Waals surface area (Å²) in [5.74, 6) is 0.870. The number of rotatable bonds is 2. The summed E-state index contributed by atoms with van der Waals surface area (Å²) in [6.07, 6.45) is 1.59. The quantitative estimate of drug-likeness (QED) is 0.835. The van der Waals surface area contributed by atoms with E-state index in [0.29, 0.717) is 33.2 Å². The molecule has 4 nitrogen and oxygen atoms in total. The van der Waals surface area contributed by atoms with E-state index in [0.717, 1.165) is 5.56 Å². The van der Waals surface area contributed by atoms with Gasteiger partial charge in [0, 0.05) is 5.02 Å². The number of ether oxygens (including phenoxy) is 2. The summed E-state index contributed by atoms with van der Waals surface area (Å²) in [6, 6.07) is 6.63. The number of carbonyl (C=O) groups excluding carboxylic acids is 1. The Hall–Kier alpha value is -2.46. The number of benzene rings is 2. The fraction of sp³-hybridized carbons (Fsp3) is 0.167. The lowest BCUT2D eigenvalue weighted by molar-refractivity contribution is 0.101. The van der Waals surface area contributed by atoms with Gasteiger partial charge in [-0.3, -0.25) is 4.79 Å². The molecule has 1 aliphatic heterocycles. The Labute approximate surface area is 138 Å². The predicted molar refractivity (Wildman–Crippen MR) is 88.5 cm³/mol. The number of carbonyl (C=O) groups is 1. The summed E-state index contributed by atoms with van der Waals surface area (Å²) in [5.41, 5.74) is 2.70. The normalized spacial score (nSPS) is 14.8. The first-order chi connectivity index (χ1) is 10.9. The van der Waals surface area contributed by atoms with Crippen LogP contribution in [0.25, 0.3) is 6.08 Å². The molecule has 0 unspecified atom stereocenters. The lowest BCUT2D eigenvalue weighted by Gasteiger charge is -2.06. The first-order valence-corrected chi connectivity index (χ1v) is 7.41. The van der Waals surface area contributed by atoms with Crippen LogP contribution in [-0.4, -0.2) is 18.0 Å². The van der Waals surface area contributed by atoms with Gasteiger partial charge in [0.2, 0.25) is 5.78 Å². The van der Waals surface area contributed by atoms with Gasteiger partial charge < -0.3 is 14.6 Å². The van der Waals surface area contributed by atoms with Gasteiger partial charge in [-0.2, -0.15) is 0 Å². The maximum absolute atomic E-state index is 12.6. The second-order valence-corrected chi connectivity index (χ2v) is 5.75. The number of allylic oxidation sites excluding steroid dienone is 1. The van der Waals surface area contributed by atoms with Crippen molar-refractivity contribution in [3.05, 3.63) is 57.3 Å². The third-order valence-electron chi connectivity index (χ3n) is 3.82. The number of aromatic hydroxyl groups is 1. The number of Topliss-reactive ketones (excluding diaryl/α,β-unsaturated/α-hetero) is 1. The van der Waals surface area contributed by atoms with E-state index < -0.39 is 0 Å². The van der Waals surface area contributed by atoms with Gasteiger partial charge in [-0.1, -0.05) is 17.7 Å². The first-order valence-electron chi connectivity index (χ1n) is 7.03. The van der Waals surface area contributed by atoms with Crippen molar-refractivity contribution in [3.63, 3.8) is 0 Å². The molecular formula is C18H15ClO4. The fourth-order valence-corrected chi connectivity index (χ4v) is 2.77. The molecule has 0 radical (unpaired) electrons. The molecule has 1 N–H and O–H groups in total. The van der Waals surface area contributed by atoms with Gasteiger partial charge in [0.25, 0.3) is 0 Å². The minimum atomic E-state index is -0.213. The van der Waals surface area contributed by atoms with E-state index in [-0.39, 0.29) is 17.3 Å². The van der Waals surface area contributed by atoms with Gasteiger partial charge in [-0.25, -0.2) is 0 Å². The van der Waals surface area contributed by atoms with Crippen molar-refractivity contribution in [1.29, 1.82) is 0 Å². The monoisotopic (exact) mass is 330 g/mol. The summed E-state index contributed by atoms with van der Waals surface area (Å²) in [6.45, 7) is 3.67. The van der Waals surface area contributed by atoms with Gasteiger partial charge in [-0.15, -0.1) is 0 Å². The summed E-state index contributed by atoms with van der Waals surface area (Å²) < 4.78 is 10.7. The molecule has 0 bridgehead atoms. The maximum Gasteiger partial charge on any atom is 0.232 e. The molecule has 2 aromatic rings. The zero-order chi connectivity index (χ0) is 16.7. The molecule has 1 aliphatic rings. The van der Waals surface area contributed by atoms with Crippen molar-refractivity contribution >= 4 is 23.5 Å². The van der Waals surface area contributed by atoms with Gasteiger partial charge >= 0.3 is 0 Å². The smallest absolute Gasteiger partial charge is 0.232 e. The highest BCUT2D eigenvalue weighted by Crippen LogP contribution is 2.39. The molecular weight excluding hydrogens is 316 g/mol. The molecule has 2 aromatic carbocycles. The zero-order valence-corrected chi connectivity index (χ0v) is 13.7. The molecule has 0 saturated carbocycles. The van der Waals surface area contributed by atoms with Gasteiger partial charge in [0.15, 0.2) is 17.3 Å². The molecule has 0 saturated heterocycles. The van der Waals surface area contributed by atoms with Crippen molar-refractivity contribution in [2.75, 3.05) is 7.11 Å². The Morgan fingerprint density at radius 3 is 2.65 bits per heavy atom. The number of aryl methyl sites for hydroxylation is 1. The maximum atomic E-state index is 12.6. The first kappa shape index (κ1) is 15.4. The second-order valence-electron chi connectivity index (χ2n) is 5.38. The van der Waals surface area contributed by atoms with Gasteiger partial charge in [0.05, 0.1) is 12.7 Å². The Morgan fingerprint density at radius 1 is 1.26 bits per heavy atom. The number of fused-ring (bicyclic) bond motifs is 1. The van der Waals surface area contributed by atoms with E-state index in [4.69, 9.17) is 21.1 Å². The predicted octanol–water partition coefficient (Wildman–Crippen LogP) is 4.29. The van der Waals surface area contributed by atoms with Crippen molar-refractivity contribution in [3.8, 4) is 17.2 Å². The number of hydrogen-bond acceptors (Lipinski definition) is 4. The van der Waals surface area contributed by atoms with E-state index in [1.54, 1.807) is 31.2 Å². The molecule has 0 aromatic heterocycles. The summed E-state index contributed by atoms with van der Waals surface area (Å²) in [4.78, 5) is 12.6. The Morgan fingerprint density at radius 2 is 2.00 bits per heavy atom. The van der Waals surface area contributed by atoms with Crippen molar-refractivity contribution in [1.82, 2.24) is 0 Å². The summed E-state index contributed by atoms with van der Waals surface area (Å²) in [7, 11) is 1.47. The van der Waals surface area contributed by atoms with Crippen LogP contribution in [0.3, 0.4) is 0 Å². The van der Waals surface area contributed by atoms with Crippen LogP contribution in [0, 0.1) is 13.8 Å². The highest BCUT2D eigenvalue weighted by atomic mass is 35.5. The fourth-order valence-electron chi connectivity index (χ4n) is 2.62. The molecule has 118 valence electrons. The molecule has 23 heavy (non-hydrogen) atoms. The second kappa shape index (κ2) is 5.63. The van der Waals surface area contributed by atoms with E-state index in [9.17, 15) is 9.90 Å². The van der Waals surface area contributed by atoms with Crippen LogP contribution in [0.4, 0.5) is 0 Å². The highest BCUT2D eigenvalue weighted by Gasteiger charge is 2.30. The molecule has 0 aliphatic carbocycles. The van der Waals surface area contributed by atoms with Crippen LogP contribution in [0.2, 0.25) is 5.02 Å². The van der Waals surface area contributed by atoms with Gasteiger partial charge in [-0.05, 0) is 54.8 Å². The minimum absolute atomic E-state index is 0.000112. The molecule has 0 spiro atoms. The summed E-state index contributed by atoms with van der Waals surface area (Å²) in [5, 5.41) is 10.4. The van der Waals surface area contributed by atoms with E-state index >= 15 is 0 Å². The SMILES string of the molecule is COc1ccc(C=C2Oc3cc(C)c(Cl)c(C)c3C2=O)cc1O. The average molecular weight is 331 g/mol. The van der Waals surface area contributed by atoms with E-state index in [2.05, 4.69) is 0 Å². The van der Waals surface area contributed by atoms with E-state index in [1.807, 2.05) is 6.92 Å². The number of phenolic OH excluding ortho intramolecular Hbond substituents is 1. The zero-order valence-electron chi connectivity index (χ0n) is 12.9. The molecule has 3 rings (SSSR count). The number of ketones is 1. The average Bonchev–Trinajstić information content (AvgIpc) is 2.81. The summed E-state index contributed by atoms with van der Waals surface area (Å²) >= 11 is 6.21. The number of methoxy groups -OCH3 is 1. The number of phenols is 1. The topological polar surface area (TPSA) is 55.8 Å². The Bertz CT molecular complexity index is 853. The standard InChI is InChI=1S/C18H15ClO4/c1-9-6-14-16(10(2)17(9)19)18(21)15(23-14)8-11-4-5-13(22-3)12(20)7-11/h4-8,20H,1-3H3. The van der Waals surface area contributed by atoms with Crippen molar-refractivity contribution in [2.24, 2.45) is 0 Å². The molecule has 0 amide bonds. The third kappa shape index (κ3) is 2.55. The van der Waals surface area contributed by atoms with Gasteiger partial charge in [0.1, 0.15) is 5.75 Å². The molecule has 5 heteroatoms. The lowest BCUT2D eigenvalue weighted by atomic mass is 10.0.